The summed E-state index contributed by atoms with van der Waals surface area (Å²) < 4.78 is 0. The standard InChI is InChI=1S/C23H40N4O2/c1-9-18(10-2)22(28)27(17(6)16(4)5)15-19-14-20(25-23(29)24-11-3)12-13-21(19)26(7)8/h12-14,16-18H,9-11,15H2,1-8H3,(H2,24,25,29)/t17-/m1/s1. The maximum absolute atomic E-state index is 13.3. The second-order valence-corrected chi connectivity index (χ2v) is 8.19. The summed E-state index contributed by atoms with van der Waals surface area (Å²) in [6.07, 6.45) is 1.69. The van der Waals surface area contributed by atoms with Gasteiger partial charge in [0, 0.05) is 50.5 Å². The van der Waals surface area contributed by atoms with Crippen LogP contribution in [0.15, 0.2) is 18.2 Å². The highest BCUT2D eigenvalue weighted by Gasteiger charge is 2.28. The van der Waals surface area contributed by atoms with Gasteiger partial charge >= 0.3 is 6.03 Å². The van der Waals surface area contributed by atoms with Gasteiger partial charge < -0.3 is 20.4 Å². The van der Waals surface area contributed by atoms with Gasteiger partial charge in [-0.3, -0.25) is 4.79 Å². The summed E-state index contributed by atoms with van der Waals surface area (Å²) in [6, 6.07) is 5.77. The molecule has 0 aromatic heterocycles. The molecule has 6 nitrogen and oxygen atoms in total. The third-order valence-electron chi connectivity index (χ3n) is 5.57. The van der Waals surface area contributed by atoms with Crippen molar-refractivity contribution in [3.8, 4) is 0 Å². The Morgan fingerprint density at radius 3 is 2.14 bits per heavy atom. The highest BCUT2D eigenvalue weighted by Crippen LogP contribution is 2.28. The topological polar surface area (TPSA) is 64.7 Å². The van der Waals surface area contributed by atoms with Gasteiger partial charge in [-0.25, -0.2) is 4.79 Å². The Kier molecular flexibility index (Phi) is 9.99. The predicted molar refractivity (Wildman–Crippen MR) is 122 cm³/mol. The van der Waals surface area contributed by atoms with E-state index in [1.165, 1.54) is 0 Å². The maximum Gasteiger partial charge on any atom is 0.319 e. The molecule has 6 heteroatoms. The van der Waals surface area contributed by atoms with E-state index < -0.39 is 0 Å². The molecule has 0 aliphatic carbocycles. The molecule has 0 heterocycles. The van der Waals surface area contributed by atoms with Crippen LogP contribution in [-0.2, 0) is 11.3 Å². The molecular weight excluding hydrogens is 364 g/mol. The van der Waals surface area contributed by atoms with Crippen molar-refractivity contribution in [2.24, 2.45) is 11.8 Å². The first-order chi connectivity index (χ1) is 13.7. The third kappa shape index (κ3) is 6.94. The van der Waals surface area contributed by atoms with Gasteiger partial charge in [-0.2, -0.15) is 0 Å². The number of amides is 3. The molecular formula is C23H40N4O2. The number of hydrogen-bond acceptors (Lipinski definition) is 3. The summed E-state index contributed by atoms with van der Waals surface area (Å²) >= 11 is 0. The van der Waals surface area contributed by atoms with Crippen LogP contribution in [0.25, 0.3) is 0 Å². The van der Waals surface area contributed by atoms with E-state index >= 15 is 0 Å². The normalized spacial score (nSPS) is 12.1. The quantitative estimate of drug-likeness (QED) is 0.594. The number of anilines is 2. The fraction of sp³-hybridized carbons (Fsp3) is 0.652. The summed E-state index contributed by atoms with van der Waals surface area (Å²) in [5.74, 6) is 0.603. The molecule has 3 amide bonds. The summed E-state index contributed by atoms with van der Waals surface area (Å²) in [6.45, 7) is 13.5. The second kappa shape index (κ2) is 11.7. The molecule has 0 saturated carbocycles. The number of benzene rings is 1. The highest BCUT2D eigenvalue weighted by molar-refractivity contribution is 5.89. The van der Waals surface area contributed by atoms with E-state index in [1.807, 2.05) is 49.0 Å². The Balaban J connectivity index is 3.30. The minimum Gasteiger partial charge on any atom is -0.377 e. The Labute approximate surface area is 177 Å². The van der Waals surface area contributed by atoms with Crippen LogP contribution in [0.1, 0.15) is 59.9 Å². The summed E-state index contributed by atoms with van der Waals surface area (Å²) in [5, 5.41) is 5.63. The average molecular weight is 405 g/mol. The predicted octanol–water partition coefficient (Wildman–Crippen LogP) is 4.70. The van der Waals surface area contributed by atoms with Crippen molar-refractivity contribution in [1.29, 1.82) is 0 Å². The molecule has 1 rings (SSSR count). The Bertz CT molecular complexity index is 669. The SMILES string of the molecule is CCNC(=O)Nc1ccc(N(C)C)c(CN(C(=O)C(CC)CC)[C@H](C)C(C)C)c1. The Morgan fingerprint density at radius 1 is 1.03 bits per heavy atom. The van der Waals surface area contributed by atoms with Crippen LogP contribution in [0.5, 0.6) is 0 Å². The molecule has 0 spiro atoms. The van der Waals surface area contributed by atoms with E-state index in [0.29, 0.717) is 19.0 Å². The molecule has 1 aromatic rings. The van der Waals surface area contributed by atoms with Crippen LogP contribution in [0.3, 0.4) is 0 Å². The number of nitrogens with one attached hydrogen (secondary N) is 2. The maximum atomic E-state index is 13.3. The second-order valence-electron chi connectivity index (χ2n) is 8.19. The smallest absolute Gasteiger partial charge is 0.319 e. The zero-order valence-corrected chi connectivity index (χ0v) is 19.5. The van der Waals surface area contributed by atoms with Crippen molar-refractivity contribution in [2.45, 2.75) is 67.0 Å². The number of carbonyl (C=O) groups excluding carboxylic acids is 2. The average Bonchev–Trinajstić information content (AvgIpc) is 2.66. The lowest BCUT2D eigenvalue weighted by Gasteiger charge is -2.35. The number of carbonyl (C=O) groups is 2. The molecule has 0 saturated heterocycles. The summed E-state index contributed by atoms with van der Waals surface area (Å²) in [5.41, 5.74) is 2.80. The van der Waals surface area contributed by atoms with Crippen molar-refractivity contribution in [3.05, 3.63) is 23.8 Å². The van der Waals surface area contributed by atoms with Crippen molar-refractivity contribution in [1.82, 2.24) is 10.2 Å². The van der Waals surface area contributed by atoms with E-state index in [1.54, 1.807) is 0 Å². The zero-order chi connectivity index (χ0) is 22.1. The van der Waals surface area contributed by atoms with Crippen molar-refractivity contribution in [3.63, 3.8) is 0 Å². The van der Waals surface area contributed by atoms with Crippen LogP contribution < -0.4 is 15.5 Å². The van der Waals surface area contributed by atoms with Crippen LogP contribution in [0.2, 0.25) is 0 Å². The van der Waals surface area contributed by atoms with E-state index in [4.69, 9.17) is 0 Å². The molecule has 0 unspecified atom stereocenters. The van der Waals surface area contributed by atoms with Gasteiger partial charge in [0.2, 0.25) is 5.91 Å². The van der Waals surface area contributed by atoms with Crippen molar-refractivity contribution in [2.75, 3.05) is 30.9 Å². The molecule has 1 aromatic carbocycles. The Morgan fingerprint density at radius 2 is 1.66 bits per heavy atom. The monoisotopic (exact) mass is 404 g/mol. The lowest BCUT2D eigenvalue weighted by atomic mass is 9.97. The fourth-order valence-corrected chi connectivity index (χ4v) is 3.40. The van der Waals surface area contributed by atoms with Crippen LogP contribution in [0, 0.1) is 11.8 Å². The number of nitrogens with zero attached hydrogens (tertiary/aromatic N) is 2. The minimum atomic E-state index is -0.225. The van der Waals surface area contributed by atoms with Gasteiger partial charge in [0.15, 0.2) is 0 Å². The van der Waals surface area contributed by atoms with Crippen molar-refractivity contribution >= 4 is 23.3 Å². The number of rotatable bonds is 10. The van der Waals surface area contributed by atoms with E-state index in [-0.39, 0.29) is 23.9 Å². The van der Waals surface area contributed by atoms with Gasteiger partial charge in [-0.15, -0.1) is 0 Å². The van der Waals surface area contributed by atoms with E-state index in [9.17, 15) is 9.59 Å². The third-order valence-corrected chi connectivity index (χ3v) is 5.57. The molecule has 29 heavy (non-hydrogen) atoms. The molecule has 0 bridgehead atoms. The first-order valence-electron chi connectivity index (χ1n) is 10.8. The summed E-state index contributed by atoms with van der Waals surface area (Å²) in [7, 11) is 3.99. The molecule has 0 aliphatic heterocycles. The fourth-order valence-electron chi connectivity index (χ4n) is 3.40. The van der Waals surface area contributed by atoms with E-state index in [0.717, 1.165) is 29.8 Å². The van der Waals surface area contributed by atoms with Crippen LogP contribution in [0.4, 0.5) is 16.2 Å². The summed E-state index contributed by atoms with van der Waals surface area (Å²) in [4.78, 5) is 29.3. The van der Waals surface area contributed by atoms with Gasteiger partial charge in [-0.05, 0) is 56.4 Å². The highest BCUT2D eigenvalue weighted by atomic mass is 16.2. The molecule has 2 N–H and O–H groups in total. The Hall–Kier alpha value is -2.24. The van der Waals surface area contributed by atoms with Gasteiger partial charge in [0.05, 0.1) is 0 Å². The van der Waals surface area contributed by atoms with Gasteiger partial charge in [0.25, 0.3) is 0 Å². The minimum absolute atomic E-state index is 0.0376. The number of hydrogen-bond donors (Lipinski definition) is 2. The first kappa shape index (κ1) is 24.8. The first-order valence-corrected chi connectivity index (χ1v) is 10.8. The molecule has 0 radical (unpaired) electrons. The molecule has 0 fully saturated rings. The molecule has 0 aliphatic rings. The van der Waals surface area contributed by atoms with Crippen LogP contribution in [-0.4, -0.2) is 43.5 Å². The number of urea groups is 1. The lowest BCUT2D eigenvalue weighted by molar-refractivity contribution is -0.139. The largest absolute Gasteiger partial charge is 0.377 e. The lowest BCUT2D eigenvalue weighted by Crippen LogP contribution is -2.44. The van der Waals surface area contributed by atoms with Gasteiger partial charge in [0.1, 0.15) is 0 Å². The van der Waals surface area contributed by atoms with Crippen LogP contribution >= 0.6 is 0 Å². The van der Waals surface area contributed by atoms with Crippen molar-refractivity contribution < 1.29 is 9.59 Å². The molecule has 164 valence electrons. The zero-order valence-electron chi connectivity index (χ0n) is 19.5. The van der Waals surface area contributed by atoms with E-state index in [2.05, 4.69) is 45.3 Å². The molecule has 1 atom stereocenters. The van der Waals surface area contributed by atoms with Gasteiger partial charge in [-0.1, -0.05) is 27.7 Å².